The molecule has 1 aromatic heterocycles. The molecule has 7 heteroatoms. The molecule has 2 aromatic rings. The number of hydrogen-bond donors (Lipinski definition) is 1. The lowest BCUT2D eigenvalue weighted by Crippen LogP contribution is -2.44. The average Bonchev–Trinajstić information content (AvgIpc) is 2.96. The highest BCUT2D eigenvalue weighted by atomic mass is 35.5. The first kappa shape index (κ1) is 19.3. The van der Waals surface area contributed by atoms with Gasteiger partial charge in [-0.05, 0) is 24.3 Å². The molecule has 0 atom stereocenters. The number of hydrogen-bond acceptors (Lipinski definition) is 4. The molecule has 0 spiro atoms. The van der Waals surface area contributed by atoms with Gasteiger partial charge in [0.2, 0.25) is 0 Å². The van der Waals surface area contributed by atoms with Crippen molar-refractivity contribution in [2.75, 3.05) is 32.7 Å². The molecule has 0 amide bonds. The van der Waals surface area contributed by atoms with Crippen molar-refractivity contribution in [1.82, 2.24) is 15.2 Å². The minimum atomic E-state index is -0.206. The highest BCUT2D eigenvalue weighted by Crippen LogP contribution is 2.22. The number of piperazine rings is 1. The second kappa shape index (κ2) is 9.43. The molecule has 1 aliphatic heterocycles. The first-order valence-electron chi connectivity index (χ1n) is 6.95. The molecule has 0 radical (unpaired) electrons. The van der Waals surface area contributed by atoms with Gasteiger partial charge in [-0.15, -0.1) is 36.2 Å². The van der Waals surface area contributed by atoms with Crippen LogP contribution in [0.25, 0.3) is 11.3 Å². The maximum atomic E-state index is 12.9. The van der Waals surface area contributed by atoms with Gasteiger partial charge >= 0.3 is 0 Å². The molecule has 1 saturated heterocycles. The third-order valence-corrected chi connectivity index (χ3v) is 4.45. The van der Waals surface area contributed by atoms with Crippen LogP contribution in [0.5, 0.6) is 0 Å². The summed E-state index contributed by atoms with van der Waals surface area (Å²) in [5.41, 5.74) is 1.93. The van der Waals surface area contributed by atoms with Crippen molar-refractivity contribution in [3.63, 3.8) is 0 Å². The first-order valence-corrected chi connectivity index (χ1v) is 7.83. The lowest BCUT2D eigenvalue weighted by Gasteiger charge is -2.26. The van der Waals surface area contributed by atoms with E-state index in [0.717, 1.165) is 55.4 Å². The monoisotopic (exact) mass is 363 g/mol. The van der Waals surface area contributed by atoms with Crippen molar-refractivity contribution in [2.24, 2.45) is 0 Å². The number of nitrogens with one attached hydrogen (secondary N) is 1. The fourth-order valence-corrected chi connectivity index (χ4v) is 3.16. The van der Waals surface area contributed by atoms with Gasteiger partial charge < -0.3 is 10.2 Å². The molecule has 1 N–H and O–H groups in total. The van der Waals surface area contributed by atoms with Crippen molar-refractivity contribution in [1.29, 1.82) is 0 Å². The summed E-state index contributed by atoms with van der Waals surface area (Å²) in [5, 5.41) is 6.57. The van der Waals surface area contributed by atoms with Gasteiger partial charge in [0.25, 0.3) is 0 Å². The second-order valence-corrected chi connectivity index (χ2v) is 5.92. The van der Waals surface area contributed by atoms with E-state index >= 15 is 0 Å². The van der Waals surface area contributed by atoms with Crippen molar-refractivity contribution in [3.05, 3.63) is 40.5 Å². The van der Waals surface area contributed by atoms with E-state index in [2.05, 4.69) is 20.6 Å². The lowest BCUT2D eigenvalue weighted by atomic mass is 10.2. The number of nitrogens with zero attached hydrogens (tertiary/aromatic N) is 2. The van der Waals surface area contributed by atoms with Crippen LogP contribution in [0.4, 0.5) is 4.39 Å². The maximum Gasteiger partial charge on any atom is 0.123 e. The average molecular weight is 364 g/mol. The molecular formula is C15H20Cl2FN3S. The number of halogens is 3. The summed E-state index contributed by atoms with van der Waals surface area (Å²) in [4.78, 5) is 7.12. The molecule has 3 nitrogen and oxygen atoms in total. The Morgan fingerprint density at radius 1 is 1.14 bits per heavy atom. The molecule has 0 saturated carbocycles. The summed E-state index contributed by atoms with van der Waals surface area (Å²) in [5.74, 6) is -0.206. The highest BCUT2D eigenvalue weighted by molar-refractivity contribution is 7.09. The number of benzene rings is 1. The van der Waals surface area contributed by atoms with Crippen LogP contribution in [0.1, 0.15) is 5.01 Å². The molecule has 122 valence electrons. The van der Waals surface area contributed by atoms with E-state index in [1.165, 1.54) is 12.1 Å². The zero-order chi connectivity index (χ0) is 13.8. The highest BCUT2D eigenvalue weighted by Gasteiger charge is 2.11. The Balaban J connectivity index is 0.00000121. The number of aromatic nitrogens is 1. The molecule has 0 aliphatic carbocycles. The fourth-order valence-electron chi connectivity index (χ4n) is 2.37. The van der Waals surface area contributed by atoms with Crippen LogP contribution in [-0.2, 0) is 6.42 Å². The van der Waals surface area contributed by atoms with Gasteiger partial charge in [0.1, 0.15) is 5.82 Å². The topological polar surface area (TPSA) is 28.2 Å². The number of thiazole rings is 1. The Kier molecular flexibility index (Phi) is 8.28. The van der Waals surface area contributed by atoms with Crippen molar-refractivity contribution in [3.8, 4) is 11.3 Å². The van der Waals surface area contributed by atoms with E-state index in [0.29, 0.717) is 0 Å². The predicted molar refractivity (Wildman–Crippen MR) is 95.0 cm³/mol. The Morgan fingerprint density at radius 3 is 2.50 bits per heavy atom. The summed E-state index contributed by atoms with van der Waals surface area (Å²) < 4.78 is 12.9. The van der Waals surface area contributed by atoms with Crippen LogP contribution < -0.4 is 5.32 Å². The van der Waals surface area contributed by atoms with Crippen molar-refractivity contribution < 1.29 is 4.39 Å². The Hall–Kier alpha value is -0.720. The zero-order valence-electron chi connectivity index (χ0n) is 12.1. The SMILES string of the molecule is Cl.Cl.Fc1ccc(-c2csc(CCN3CCNCC3)n2)cc1. The second-order valence-electron chi connectivity index (χ2n) is 4.98. The molecule has 1 aromatic carbocycles. The van der Waals surface area contributed by atoms with E-state index in [1.807, 2.05) is 0 Å². The third-order valence-electron chi connectivity index (χ3n) is 3.54. The normalized spacial score (nSPS) is 15.0. The van der Waals surface area contributed by atoms with Gasteiger partial charge in [0, 0.05) is 50.1 Å². The fraction of sp³-hybridized carbons (Fsp3) is 0.400. The largest absolute Gasteiger partial charge is 0.314 e. The molecule has 1 aliphatic rings. The molecule has 2 heterocycles. The lowest BCUT2D eigenvalue weighted by molar-refractivity contribution is 0.244. The van der Waals surface area contributed by atoms with Gasteiger partial charge in [-0.1, -0.05) is 0 Å². The van der Waals surface area contributed by atoms with Gasteiger partial charge in [0.15, 0.2) is 0 Å². The van der Waals surface area contributed by atoms with Crippen LogP contribution in [0, 0.1) is 5.82 Å². The van der Waals surface area contributed by atoms with Crippen LogP contribution in [0.3, 0.4) is 0 Å². The molecule has 0 unspecified atom stereocenters. The Labute approximate surface area is 146 Å². The molecule has 0 bridgehead atoms. The van der Waals surface area contributed by atoms with Crippen LogP contribution in [-0.4, -0.2) is 42.6 Å². The van der Waals surface area contributed by atoms with E-state index in [4.69, 9.17) is 0 Å². The minimum absolute atomic E-state index is 0. The number of rotatable bonds is 4. The zero-order valence-corrected chi connectivity index (χ0v) is 14.6. The van der Waals surface area contributed by atoms with Crippen LogP contribution >= 0.6 is 36.2 Å². The van der Waals surface area contributed by atoms with Gasteiger partial charge in [0.05, 0.1) is 10.7 Å². The van der Waals surface area contributed by atoms with E-state index in [9.17, 15) is 4.39 Å². The summed E-state index contributed by atoms with van der Waals surface area (Å²) in [6.07, 6.45) is 0.992. The van der Waals surface area contributed by atoms with Crippen molar-refractivity contribution >= 4 is 36.2 Å². The first-order chi connectivity index (χ1) is 9.81. The minimum Gasteiger partial charge on any atom is -0.314 e. The van der Waals surface area contributed by atoms with E-state index < -0.39 is 0 Å². The van der Waals surface area contributed by atoms with Gasteiger partial charge in [-0.2, -0.15) is 0 Å². The molecule has 1 fully saturated rings. The Morgan fingerprint density at radius 2 is 1.82 bits per heavy atom. The van der Waals surface area contributed by atoms with E-state index in [1.54, 1.807) is 23.5 Å². The molecule has 3 rings (SSSR count). The summed E-state index contributed by atoms with van der Waals surface area (Å²) >= 11 is 1.69. The molecular weight excluding hydrogens is 344 g/mol. The predicted octanol–water partition coefficient (Wildman–Crippen LogP) is 3.24. The third kappa shape index (κ3) is 5.18. The van der Waals surface area contributed by atoms with Crippen LogP contribution in [0.2, 0.25) is 0 Å². The summed E-state index contributed by atoms with van der Waals surface area (Å²) in [6.45, 7) is 5.47. The van der Waals surface area contributed by atoms with Gasteiger partial charge in [-0.25, -0.2) is 9.37 Å². The Bertz CT molecular complexity index is 556. The maximum absolute atomic E-state index is 12.9. The summed E-state index contributed by atoms with van der Waals surface area (Å²) in [6, 6.07) is 6.53. The molecule has 22 heavy (non-hydrogen) atoms. The smallest absolute Gasteiger partial charge is 0.123 e. The van der Waals surface area contributed by atoms with Gasteiger partial charge in [-0.3, -0.25) is 0 Å². The van der Waals surface area contributed by atoms with Crippen LogP contribution in [0.15, 0.2) is 29.6 Å². The van der Waals surface area contributed by atoms with E-state index in [-0.39, 0.29) is 30.6 Å². The standard InChI is InChI=1S/C15H18FN3S.2ClH/c16-13-3-1-12(2-4-13)14-11-20-15(18-14)5-8-19-9-6-17-7-10-19;;/h1-4,11,17H,5-10H2;2*1H. The summed E-state index contributed by atoms with van der Waals surface area (Å²) in [7, 11) is 0. The quantitative estimate of drug-likeness (QED) is 0.903. The van der Waals surface area contributed by atoms with Crippen molar-refractivity contribution in [2.45, 2.75) is 6.42 Å².